The van der Waals surface area contributed by atoms with Gasteiger partial charge in [0.15, 0.2) is 0 Å². The molecule has 1 aromatic rings. The third kappa shape index (κ3) is 4.86. The first-order valence-electron chi connectivity index (χ1n) is 6.84. The predicted octanol–water partition coefficient (Wildman–Crippen LogP) is 2.91. The SMILES string of the molecule is CCCCC(CC)c1nnc(CCNCC)o1. The van der Waals surface area contributed by atoms with Crippen molar-refractivity contribution in [3.63, 3.8) is 0 Å². The lowest BCUT2D eigenvalue weighted by Gasteiger charge is -2.08. The van der Waals surface area contributed by atoms with Gasteiger partial charge in [-0.1, -0.05) is 33.6 Å². The molecular formula is C13H25N3O. The van der Waals surface area contributed by atoms with Crippen LogP contribution in [0.25, 0.3) is 0 Å². The Balaban J connectivity index is 2.46. The zero-order valence-electron chi connectivity index (χ0n) is 11.3. The second kappa shape index (κ2) is 8.23. The zero-order valence-corrected chi connectivity index (χ0v) is 11.3. The van der Waals surface area contributed by atoms with Crippen LogP contribution in [0.5, 0.6) is 0 Å². The van der Waals surface area contributed by atoms with Crippen LogP contribution in [-0.2, 0) is 6.42 Å². The van der Waals surface area contributed by atoms with Crippen molar-refractivity contribution in [3.8, 4) is 0 Å². The van der Waals surface area contributed by atoms with Crippen LogP contribution in [0.1, 0.15) is 64.2 Å². The largest absolute Gasteiger partial charge is 0.425 e. The molecule has 4 nitrogen and oxygen atoms in total. The van der Waals surface area contributed by atoms with Gasteiger partial charge >= 0.3 is 0 Å². The van der Waals surface area contributed by atoms with E-state index in [1.807, 2.05) is 0 Å². The lowest BCUT2D eigenvalue weighted by Crippen LogP contribution is -2.16. The van der Waals surface area contributed by atoms with Crippen LogP contribution in [0.2, 0.25) is 0 Å². The van der Waals surface area contributed by atoms with Crippen LogP contribution in [0.15, 0.2) is 4.42 Å². The summed E-state index contributed by atoms with van der Waals surface area (Å²) in [5.74, 6) is 2.03. The van der Waals surface area contributed by atoms with Gasteiger partial charge in [0.2, 0.25) is 11.8 Å². The minimum Gasteiger partial charge on any atom is -0.425 e. The van der Waals surface area contributed by atoms with Gasteiger partial charge < -0.3 is 9.73 Å². The Bertz CT molecular complexity index is 299. The molecule has 0 saturated carbocycles. The summed E-state index contributed by atoms with van der Waals surface area (Å²) in [5, 5.41) is 11.5. The molecule has 0 aliphatic rings. The van der Waals surface area contributed by atoms with Crippen LogP contribution in [0.3, 0.4) is 0 Å². The maximum absolute atomic E-state index is 5.72. The van der Waals surface area contributed by atoms with Crippen molar-refractivity contribution in [2.45, 2.75) is 58.8 Å². The summed E-state index contributed by atoms with van der Waals surface area (Å²) >= 11 is 0. The molecule has 1 unspecified atom stereocenters. The van der Waals surface area contributed by atoms with E-state index in [4.69, 9.17) is 4.42 Å². The molecule has 0 saturated heterocycles. The van der Waals surface area contributed by atoms with Crippen LogP contribution in [0.4, 0.5) is 0 Å². The van der Waals surface area contributed by atoms with E-state index in [1.165, 1.54) is 12.8 Å². The number of aromatic nitrogens is 2. The molecule has 1 aromatic heterocycles. The predicted molar refractivity (Wildman–Crippen MR) is 69.1 cm³/mol. The number of unbranched alkanes of at least 4 members (excludes halogenated alkanes) is 1. The summed E-state index contributed by atoms with van der Waals surface area (Å²) in [7, 11) is 0. The molecule has 4 heteroatoms. The van der Waals surface area contributed by atoms with Gasteiger partial charge in [-0.15, -0.1) is 10.2 Å². The van der Waals surface area contributed by atoms with E-state index in [-0.39, 0.29) is 0 Å². The van der Waals surface area contributed by atoms with Crippen LogP contribution in [-0.4, -0.2) is 23.3 Å². The van der Waals surface area contributed by atoms with Gasteiger partial charge in [0.1, 0.15) is 0 Å². The average Bonchev–Trinajstić information content (AvgIpc) is 2.79. The molecule has 0 spiro atoms. The third-order valence-corrected chi connectivity index (χ3v) is 3.00. The Kier molecular flexibility index (Phi) is 6.86. The molecule has 17 heavy (non-hydrogen) atoms. The van der Waals surface area contributed by atoms with Crippen LogP contribution < -0.4 is 5.32 Å². The van der Waals surface area contributed by atoms with Crippen LogP contribution >= 0.6 is 0 Å². The Morgan fingerprint density at radius 3 is 2.71 bits per heavy atom. The highest BCUT2D eigenvalue weighted by molar-refractivity contribution is 4.91. The number of likely N-dealkylation sites (N-methyl/N-ethyl adjacent to an activating group) is 1. The first-order valence-corrected chi connectivity index (χ1v) is 6.84. The van der Waals surface area contributed by atoms with Gasteiger partial charge in [0.05, 0.1) is 0 Å². The van der Waals surface area contributed by atoms with Gasteiger partial charge in [-0.25, -0.2) is 0 Å². The Hall–Kier alpha value is -0.900. The van der Waals surface area contributed by atoms with Gasteiger partial charge in [-0.3, -0.25) is 0 Å². The summed E-state index contributed by atoms with van der Waals surface area (Å²) in [6.45, 7) is 8.38. The second-order valence-corrected chi connectivity index (χ2v) is 4.38. The number of nitrogens with one attached hydrogen (secondary N) is 1. The maximum Gasteiger partial charge on any atom is 0.219 e. The highest BCUT2D eigenvalue weighted by Crippen LogP contribution is 2.24. The molecule has 0 amide bonds. The first-order chi connectivity index (χ1) is 8.31. The topological polar surface area (TPSA) is 51.0 Å². The highest BCUT2D eigenvalue weighted by atomic mass is 16.4. The first kappa shape index (κ1) is 14.2. The second-order valence-electron chi connectivity index (χ2n) is 4.38. The third-order valence-electron chi connectivity index (χ3n) is 3.00. The molecule has 0 fully saturated rings. The average molecular weight is 239 g/mol. The van der Waals surface area contributed by atoms with E-state index in [0.717, 1.165) is 44.1 Å². The molecule has 1 N–H and O–H groups in total. The Labute approximate surface area is 104 Å². The molecule has 0 aromatic carbocycles. The lowest BCUT2D eigenvalue weighted by molar-refractivity contribution is 0.391. The fourth-order valence-electron chi connectivity index (χ4n) is 1.86. The molecule has 0 aliphatic heterocycles. The molecule has 0 radical (unpaired) electrons. The summed E-state index contributed by atoms with van der Waals surface area (Å²) in [4.78, 5) is 0. The minimum atomic E-state index is 0.440. The molecule has 98 valence electrons. The lowest BCUT2D eigenvalue weighted by atomic mass is 10.00. The van der Waals surface area contributed by atoms with Crippen molar-refractivity contribution in [1.82, 2.24) is 15.5 Å². The summed E-state index contributed by atoms with van der Waals surface area (Å²) in [6, 6.07) is 0. The minimum absolute atomic E-state index is 0.440. The van der Waals surface area contributed by atoms with E-state index in [1.54, 1.807) is 0 Å². The molecular weight excluding hydrogens is 214 g/mol. The van der Waals surface area contributed by atoms with E-state index in [0.29, 0.717) is 5.92 Å². The molecule has 1 atom stereocenters. The fourth-order valence-corrected chi connectivity index (χ4v) is 1.86. The zero-order chi connectivity index (χ0) is 12.5. The van der Waals surface area contributed by atoms with Crippen molar-refractivity contribution < 1.29 is 4.42 Å². The normalized spacial score (nSPS) is 12.9. The van der Waals surface area contributed by atoms with Crippen molar-refractivity contribution in [2.75, 3.05) is 13.1 Å². The monoisotopic (exact) mass is 239 g/mol. The molecule has 1 heterocycles. The van der Waals surface area contributed by atoms with Gasteiger partial charge in [-0.2, -0.15) is 0 Å². The van der Waals surface area contributed by atoms with Gasteiger partial charge in [-0.05, 0) is 19.4 Å². The summed E-state index contributed by atoms with van der Waals surface area (Å²) in [6.07, 6.45) is 5.51. The number of rotatable bonds is 9. The Morgan fingerprint density at radius 2 is 2.06 bits per heavy atom. The number of nitrogens with zero attached hydrogens (tertiary/aromatic N) is 2. The molecule has 1 rings (SSSR count). The van der Waals surface area contributed by atoms with Crippen LogP contribution in [0, 0.1) is 0 Å². The summed E-state index contributed by atoms with van der Waals surface area (Å²) < 4.78 is 5.72. The molecule has 0 bridgehead atoms. The Morgan fingerprint density at radius 1 is 1.24 bits per heavy atom. The molecule has 0 aliphatic carbocycles. The number of hydrogen-bond acceptors (Lipinski definition) is 4. The van der Waals surface area contributed by atoms with Gasteiger partial charge in [0.25, 0.3) is 0 Å². The highest BCUT2D eigenvalue weighted by Gasteiger charge is 2.16. The summed E-state index contributed by atoms with van der Waals surface area (Å²) in [5.41, 5.74) is 0. The van der Waals surface area contributed by atoms with E-state index in [9.17, 15) is 0 Å². The van der Waals surface area contributed by atoms with Crippen molar-refractivity contribution in [2.24, 2.45) is 0 Å². The smallest absolute Gasteiger partial charge is 0.219 e. The quantitative estimate of drug-likeness (QED) is 0.673. The van der Waals surface area contributed by atoms with E-state index >= 15 is 0 Å². The number of hydrogen-bond donors (Lipinski definition) is 1. The fraction of sp³-hybridized carbons (Fsp3) is 0.846. The standard InChI is InChI=1S/C13H25N3O/c1-4-7-8-11(5-2)13-16-15-12(17-13)9-10-14-6-3/h11,14H,4-10H2,1-3H3. The van der Waals surface area contributed by atoms with Gasteiger partial charge in [0, 0.05) is 18.9 Å². The maximum atomic E-state index is 5.72. The van der Waals surface area contributed by atoms with E-state index < -0.39 is 0 Å². The van der Waals surface area contributed by atoms with Crippen molar-refractivity contribution in [1.29, 1.82) is 0 Å². The van der Waals surface area contributed by atoms with E-state index in [2.05, 4.69) is 36.3 Å². The van der Waals surface area contributed by atoms with Crippen molar-refractivity contribution >= 4 is 0 Å². The van der Waals surface area contributed by atoms with Crippen molar-refractivity contribution in [3.05, 3.63) is 11.8 Å².